The molecule has 1 unspecified atom stereocenters. The van der Waals surface area contributed by atoms with Crippen LogP contribution in [0.15, 0.2) is 30.3 Å². The summed E-state index contributed by atoms with van der Waals surface area (Å²) in [5, 5.41) is 13.1. The van der Waals surface area contributed by atoms with Gasteiger partial charge in [-0.25, -0.2) is 0 Å². The Bertz CT molecular complexity index is 477. The lowest BCUT2D eigenvalue weighted by molar-refractivity contribution is -0.130. The van der Waals surface area contributed by atoms with E-state index in [0.29, 0.717) is 5.56 Å². The van der Waals surface area contributed by atoms with Crippen LogP contribution < -0.4 is 5.32 Å². The molecule has 0 bridgehead atoms. The number of benzene rings is 1. The fourth-order valence-corrected chi connectivity index (χ4v) is 3.75. The summed E-state index contributed by atoms with van der Waals surface area (Å²) in [6.45, 7) is 2.13. The van der Waals surface area contributed by atoms with Crippen LogP contribution in [-0.2, 0) is 4.79 Å². The number of hydrogen-bond donors (Lipinski definition) is 2. The molecule has 0 aromatic heterocycles. The Morgan fingerprint density at radius 2 is 1.73 bits per heavy atom. The van der Waals surface area contributed by atoms with E-state index in [1.807, 2.05) is 18.2 Å². The topological polar surface area (TPSA) is 52.6 Å². The van der Waals surface area contributed by atoms with Crippen molar-refractivity contribution in [3.8, 4) is 0 Å². The molecule has 2 aliphatic rings. The van der Waals surface area contributed by atoms with Crippen molar-refractivity contribution >= 4 is 5.91 Å². The van der Waals surface area contributed by atoms with Gasteiger partial charge in [0.25, 0.3) is 5.91 Å². The molecular formula is C18H26N2O2. The van der Waals surface area contributed by atoms with E-state index in [1.165, 1.54) is 25.7 Å². The van der Waals surface area contributed by atoms with Gasteiger partial charge in [-0.15, -0.1) is 0 Å². The summed E-state index contributed by atoms with van der Waals surface area (Å²) in [5.74, 6) is -0.273. The lowest BCUT2D eigenvalue weighted by Gasteiger charge is -2.36. The van der Waals surface area contributed by atoms with Gasteiger partial charge in [0.1, 0.15) is 0 Å². The largest absolute Gasteiger partial charge is 0.378 e. The summed E-state index contributed by atoms with van der Waals surface area (Å²) >= 11 is 0. The zero-order chi connectivity index (χ0) is 15.4. The smallest absolute Gasteiger partial charge is 0.253 e. The normalized spacial score (nSPS) is 22.6. The Morgan fingerprint density at radius 1 is 1.09 bits per heavy atom. The molecule has 1 aromatic carbocycles. The van der Waals surface area contributed by atoms with Crippen molar-refractivity contribution in [3.05, 3.63) is 35.9 Å². The Labute approximate surface area is 132 Å². The van der Waals surface area contributed by atoms with E-state index in [4.69, 9.17) is 0 Å². The van der Waals surface area contributed by atoms with Crippen LogP contribution in [0.2, 0.25) is 0 Å². The molecule has 1 heterocycles. The highest BCUT2D eigenvalue weighted by Crippen LogP contribution is 2.26. The van der Waals surface area contributed by atoms with Gasteiger partial charge in [0, 0.05) is 25.2 Å². The second kappa shape index (κ2) is 7.25. The molecule has 120 valence electrons. The molecule has 0 radical (unpaired) electrons. The van der Waals surface area contributed by atoms with Gasteiger partial charge in [0.2, 0.25) is 0 Å². The minimum atomic E-state index is -1.06. The standard InChI is InChI=1S/C18H26N2O2/c21-17(14-6-2-1-3-7-14)18(22)19-15-10-12-20(13-11-15)16-8-4-5-9-16/h1-3,6-7,15-17,21H,4-5,8-13H2,(H,19,22). The summed E-state index contributed by atoms with van der Waals surface area (Å²) in [7, 11) is 0. The van der Waals surface area contributed by atoms with Gasteiger partial charge in [0.15, 0.2) is 6.10 Å². The van der Waals surface area contributed by atoms with Gasteiger partial charge in [-0.1, -0.05) is 43.2 Å². The number of nitrogens with one attached hydrogen (secondary N) is 1. The van der Waals surface area contributed by atoms with Crippen molar-refractivity contribution in [3.63, 3.8) is 0 Å². The molecule has 4 heteroatoms. The van der Waals surface area contributed by atoms with Crippen molar-refractivity contribution < 1.29 is 9.90 Å². The molecule has 1 amide bonds. The molecule has 2 N–H and O–H groups in total. The number of amides is 1. The van der Waals surface area contributed by atoms with E-state index in [-0.39, 0.29) is 11.9 Å². The molecule has 3 rings (SSSR count). The van der Waals surface area contributed by atoms with Crippen molar-refractivity contribution in [2.24, 2.45) is 0 Å². The van der Waals surface area contributed by atoms with Crippen LogP contribution in [0.25, 0.3) is 0 Å². The highest BCUT2D eigenvalue weighted by molar-refractivity contribution is 5.82. The molecular weight excluding hydrogens is 276 g/mol. The molecule has 4 nitrogen and oxygen atoms in total. The molecule has 1 aromatic rings. The van der Waals surface area contributed by atoms with Crippen LogP contribution in [-0.4, -0.2) is 41.1 Å². The third kappa shape index (κ3) is 3.68. The Balaban J connectivity index is 1.47. The van der Waals surface area contributed by atoms with Crippen LogP contribution >= 0.6 is 0 Å². The zero-order valence-corrected chi connectivity index (χ0v) is 13.1. The molecule has 2 fully saturated rings. The van der Waals surface area contributed by atoms with E-state index in [0.717, 1.165) is 32.0 Å². The number of piperidine rings is 1. The maximum Gasteiger partial charge on any atom is 0.253 e. The van der Waals surface area contributed by atoms with Crippen LogP contribution in [0.5, 0.6) is 0 Å². The minimum absolute atomic E-state index is 0.198. The fourth-order valence-electron chi connectivity index (χ4n) is 3.75. The number of carbonyl (C=O) groups is 1. The first kappa shape index (κ1) is 15.5. The first-order chi connectivity index (χ1) is 10.7. The first-order valence-electron chi connectivity index (χ1n) is 8.51. The SMILES string of the molecule is O=C(NC1CCN(C2CCCC2)CC1)C(O)c1ccccc1. The first-order valence-corrected chi connectivity index (χ1v) is 8.51. The van der Waals surface area contributed by atoms with E-state index in [1.54, 1.807) is 12.1 Å². The molecule has 1 saturated heterocycles. The van der Waals surface area contributed by atoms with Crippen LogP contribution in [0.3, 0.4) is 0 Å². The Morgan fingerprint density at radius 3 is 2.36 bits per heavy atom. The highest BCUT2D eigenvalue weighted by atomic mass is 16.3. The Kier molecular flexibility index (Phi) is 5.11. The van der Waals surface area contributed by atoms with Gasteiger partial charge in [-0.3, -0.25) is 4.79 Å². The number of likely N-dealkylation sites (tertiary alicyclic amines) is 1. The van der Waals surface area contributed by atoms with Gasteiger partial charge in [0.05, 0.1) is 0 Å². The molecule has 22 heavy (non-hydrogen) atoms. The lowest BCUT2D eigenvalue weighted by atomic mass is 10.0. The van der Waals surface area contributed by atoms with Gasteiger partial charge < -0.3 is 15.3 Å². The van der Waals surface area contributed by atoms with Crippen LogP contribution in [0, 0.1) is 0 Å². The number of carbonyl (C=O) groups excluding carboxylic acids is 1. The molecule has 0 spiro atoms. The third-order valence-electron chi connectivity index (χ3n) is 5.08. The summed E-state index contributed by atoms with van der Waals surface area (Å²) in [6, 6.07) is 10.1. The number of aliphatic hydroxyl groups is 1. The summed E-state index contributed by atoms with van der Waals surface area (Å²) in [6.07, 6.45) is 6.32. The van der Waals surface area contributed by atoms with Crippen molar-refractivity contribution in [1.82, 2.24) is 10.2 Å². The average molecular weight is 302 g/mol. The molecule has 1 saturated carbocycles. The quantitative estimate of drug-likeness (QED) is 0.897. The summed E-state index contributed by atoms with van der Waals surface area (Å²) in [5.41, 5.74) is 0.656. The third-order valence-corrected chi connectivity index (χ3v) is 5.08. The van der Waals surface area contributed by atoms with Crippen molar-refractivity contribution in [2.45, 2.75) is 56.7 Å². The van der Waals surface area contributed by atoms with Gasteiger partial charge in [-0.2, -0.15) is 0 Å². The number of hydrogen-bond acceptors (Lipinski definition) is 3. The van der Waals surface area contributed by atoms with Crippen LogP contribution in [0.4, 0.5) is 0 Å². The predicted octanol–water partition coefficient (Wildman–Crippen LogP) is 2.24. The second-order valence-electron chi connectivity index (χ2n) is 6.57. The van der Waals surface area contributed by atoms with Crippen molar-refractivity contribution in [1.29, 1.82) is 0 Å². The zero-order valence-electron chi connectivity index (χ0n) is 13.1. The van der Waals surface area contributed by atoms with Crippen molar-refractivity contribution in [2.75, 3.05) is 13.1 Å². The maximum atomic E-state index is 12.2. The number of rotatable bonds is 4. The van der Waals surface area contributed by atoms with Gasteiger partial charge in [-0.05, 0) is 31.2 Å². The number of aliphatic hydroxyl groups excluding tert-OH is 1. The van der Waals surface area contributed by atoms with E-state index in [2.05, 4.69) is 10.2 Å². The number of nitrogens with zero attached hydrogens (tertiary/aromatic N) is 1. The summed E-state index contributed by atoms with van der Waals surface area (Å²) < 4.78 is 0. The lowest BCUT2D eigenvalue weighted by Crippen LogP contribution is -2.48. The monoisotopic (exact) mass is 302 g/mol. The fraction of sp³-hybridized carbons (Fsp3) is 0.611. The minimum Gasteiger partial charge on any atom is -0.378 e. The summed E-state index contributed by atoms with van der Waals surface area (Å²) in [4.78, 5) is 14.8. The van der Waals surface area contributed by atoms with E-state index in [9.17, 15) is 9.90 Å². The average Bonchev–Trinajstić information content (AvgIpc) is 3.10. The molecule has 1 aliphatic carbocycles. The van der Waals surface area contributed by atoms with E-state index < -0.39 is 6.10 Å². The van der Waals surface area contributed by atoms with E-state index >= 15 is 0 Å². The highest BCUT2D eigenvalue weighted by Gasteiger charge is 2.28. The Hall–Kier alpha value is -1.39. The molecule has 1 aliphatic heterocycles. The second-order valence-corrected chi connectivity index (χ2v) is 6.57. The maximum absolute atomic E-state index is 12.2. The van der Waals surface area contributed by atoms with Gasteiger partial charge >= 0.3 is 0 Å². The van der Waals surface area contributed by atoms with Crippen LogP contribution in [0.1, 0.15) is 50.2 Å². The molecule has 1 atom stereocenters. The predicted molar refractivity (Wildman–Crippen MR) is 86.4 cm³/mol.